The van der Waals surface area contributed by atoms with Crippen LogP contribution >= 0.6 is 0 Å². The van der Waals surface area contributed by atoms with Gasteiger partial charge >= 0.3 is 0 Å². The lowest BCUT2D eigenvalue weighted by Crippen LogP contribution is -2.15. The molecule has 47 heavy (non-hydrogen) atoms. The van der Waals surface area contributed by atoms with E-state index in [-0.39, 0.29) is 11.3 Å². The minimum absolute atomic E-state index is 0.0184. The molecule has 1 aromatic heterocycles. The summed E-state index contributed by atoms with van der Waals surface area (Å²) in [6.45, 7) is 4.71. The van der Waals surface area contributed by atoms with Crippen LogP contribution < -0.4 is 0 Å². The molecule has 1 nitrogen and oxygen atoms in total. The monoisotopic (exact) mass is 601 g/mol. The summed E-state index contributed by atoms with van der Waals surface area (Å²) in [6, 6.07) is 62.7. The molecule has 224 valence electrons. The van der Waals surface area contributed by atoms with Gasteiger partial charge in [0.25, 0.3) is 0 Å². The average molecular weight is 602 g/mol. The summed E-state index contributed by atoms with van der Waals surface area (Å²) in [6.07, 6.45) is 0. The van der Waals surface area contributed by atoms with E-state index in [1.165, 1.54) is 77.6 Å². The van der Waals surface area contributed by atoms with Crippen LogP contribution in [0.1, 0.15) is 47.6 Å². The van der Waals surface area contributed by atoms with E-state index in [4.69, 9.17) is 0 Å². The molecular formula is C46H35N. The Morgan fingerprint density at radius 1 is 0.426 bits per heavy atom. The van der Waals surface area contributed by atoms with Crippen molar-refractivity contribution in [1.29, 1.82) is 0 Å². The first-order valence-electron chi connectivity index (χ1n) is 16.6. The minimum Gasteiger partial charge on any atom is -0.309 e. The molecule has 0 saturated heterocycles. The van der Waals surface area contributed by atoms with E-state index in [0.29, 0.717) is 0 Å². The minimum atomic E-state index is -0.0184. The molecule has 0 bridgehead atoms. The molecule has 0 spiro atoms. The second-order valence-electron chi connectivity index (χ2n) is 13.4. The van der Waals surface area contributed by atoms with Crippen LogP contribution in [-0.4, -0.2) is 4.57 Å². The third-order valence-electron chi connectivity index (χ3n) is 10.3. The number of fused-ring (bicyclic) bond motifs is 6. The molecule has 1 unspecified atom stereocenters. The fraction of sp³-hybridized carbons (Fsp3) is 0.0870. The lowest BCUT2D eigenvalue weighted by Gasteiger charge is -2.23. The van der Waals surface area contributed by atoms with Crippen molar-refractivity contribution >= 4 is 21.8 Å². The fourth-order valence-corrected chi connectivity index (χ4v) is 8.02. The lowest BCUT2D eigenvalue weighted by molar-refractivity contribution is 0.660. The zero-order valence-electron chi connectivity index (χ0n) is 26.7. The first-order valence-corrected chi connectivity index (χ1v) is 16.6. The molecule has 1 aliphatic rings. The molecule has 1 aliphatic carbocycles. The van der Waals surface area contributed by atoms with Crippen LogP contribution in [0, 0.1) is 0 Å². The van der Waals surface area contributed by atoms with Gasteiger partial charge in [-0.25, -0.2) is 0 Å². The highest BCUT2D eigenvalue weighted by molar-refractivity contribution is 6.09. The number of para-hydroxylation sites is 2. The van der Waals surface area contributed by atoms with Gasteiger partial charge in [-0.05, 0) is 86.5 Å². The van der Waals surface area contributed by atoms with Gasteiger partial charge in [0.1, 0.15) is 0 Å². The van der Waals surface area contributed by atoms with Gasteiger partial charge in [-0.15, -0.1) is 0 Å². The highest BCUT2D eigenvalue weighted by Gasteiger charge is 2.35. The largest absolute Gasteiger partial charge is 0.309 e. The Morgan fingerprint density at radius 3 is 1.81 bits per heavy atom. The normalized spacial score (nSPS) is 13.8. The standard InChI is InChI=1S/C46H35N/c1-46(2)41-19-11-9-17-37(41)39-29-34(25-27-42(39)46)45(33-23-21-32(22-24-33)31-13-5-3-6-14-31)35-26-28-44-40(30-35)38-18-10-12-20-43(38)47(44)36-15-7-4-8-16-36/h3-30,45H,1-2H3. The van der Waals surface area contributed by atoms with Crippen LogP contribution in [-0.2, 0) is 5.41 Å². The molecule has 1 heterocycles. The van der Waals surface area contributed by atoms with Crippen molar-refractivity contribution in [1.82, 2.24) is 4.57 Å². The Morgan fingerprint density at radius 2 is 1.00 bits per heavy atom. The van der Waals surface area contributed by atoms with E-state index in [1.807, 2.05) is 0 Å². The molecule has 0 N–H and O–H groups in total. The zero-order valence-corrected chi connectivity index (χ0v) is 26.7. The Hall–Kier alpha value is -5.66. The number of nitrogens with zero attached hydrogens (tertiary/aromatic N) is 1. The first-order chi connectivity index (χ1) is 23.1. The van der Waals surface area contributed by atoms with Crippen molar-refractivity contribution in [2.45, 2.75) is 25.2 Å². The maximum absolute atomic E-state index is 2.47. The molecule has 0 saturated carbocycles. The number of hydrogen-bond acceptors (Lipinski definition) is 0. The number of benzene rings is 7. The molecule has 7 aromatic carbocycles. The van der Waals surface area contributed by atoms with Crippen LogP contribution in [0.3, 0.4) is 0 Å². The first kappa shape index (κ1) is 27.6. The summed E-state index contributed by atoms with van der Waals surface area (Å²) in [4.78, 5) is 0. The van der Waals surface area contributed by atoms with Gasteiger partial charge in [-0.1, -0.05) is 147 Å². The third kappa shape index (κ3) is 4.38. The lowest BCUT2D eigenvalue weighted by atomic mass is 9.80. The predicted octanol–water partition coefficient (Wildman–Crippen LogP) is 11.9. The van der Waals surface area contributed by atoms with Gasteiger partial charge in [-0.3, -0.25) is 0 Å². The quantitative estimate of drug-likeness (QED) is 0.173. The maximum atomic E-state index is 2.47. The summed E-state index contributed by atoms with van der Waals surface area (Å²) in [5.41, 5.74) is 15.5. The summed E-state index contributed by atoms with van der Waals surface area (Å²) in [7, 11) is 0. The van der Waals surface area contributed by atoms with E-state index in [9.17, 15) is 0 Å². The summed E-state index contributed by atoms with van der Waals surface area (Å²) < 4.78 is 2.40. The van der Waals surface area contributed by atoms with E-state index < -0.39 is 0 Å². The van der Waals surface area contributed by atoms with Gasteiger partial charge in [0.2, 0.25) is 0 Å². The number of aromatic nitrogens is 1. The molecular weight excluding hydrogens is 567 g/mol. The van der Waals surface area contributed by atoms with Crippen molar-refractivity contribution in [3.63, 3.8) is 0 Å². The SMILES string of the molecule is CC1(C)c2ccccc2-c2cc(C(c3ccc(-c4ccccc4)cc3)c3ccc4c(c3)c3ccccc3n4-c3ccccc3)ccc21. The zero-order chi connectivity index (χ0) is 31.5. The summed E-state index contributed by atoms with van der Waals surface area (Å²) in [5.74, 6) is 0.0734. The highest BCUT2D eigenvalue weighted by atomic mass is 15.0. The van der Waals surface area contributed by atoms with Gasteiger partial charge in [-0.2, -0.15) is 0 Å². The molecule has 0 aliphatic heterocycles. The van der Waals surface area contributed by atoms with Crippen molar-refractivity contribution in [2.24, 2.45) is 0 Å². The van der Waals surface area contributed by atoms with Gasteiger partial charge in [0.15, 0.2) is 0 Å². The van der Waals surface area contributed by atoms with Crippen LogP contribution in [0.2, 0.25) is 0 Å². The van der Waals surface area contributed by atoms with Crippen molar-refractivity contribution in [3.05, 3.63) is 198 Å². The Balaban J connectivity index is 1.25. The molecule has 0 amide bonds. The Labute approximate surface area is 276 Å². The molecule has 0 fully saturated rings. The molecule has 1 heteroatoms. The predicted molar refractivity (Wildman–Crippen MR) is 198 cm³/mol. The van der Waals surface area contributed by atoms with Crippen LogP contribution in [0.5, 0.6) is 0 Å². The summed E-state index contributed by atoms with van der Waals surface area (Å²) >= 11 is 0. The van der Waals surface area contributed by atoms with E-state index in [2.05, 4.69) is 188 Å². The molecule has 8 aromatic rings. The molecule has 9 rings (SSSR count). The highest BCUT2D eigenvalue weighted by Crippen LogP contribution is 2.50. The number of rotatable bonds is 5. The Kier molecular flexibility index (Phi) is 6.30. The second kappa shape index (κ2) is 10.7. The maximum Gasteiger partial charge on any atom is 0.0541 e. The van der Waals surface area contributed by atoms with Crippen LogP contribution in [0.15, 0.2) is 170 Å². The third-order valence-corrected chi connectivity index (χ3v) is 10.3. The van der Waals surface area contributed by atoms with E-state index in [1.54, 1.807) is 0 Å². The fourth-order valence-electron chi connectivity index (χ4n) is 8.02. The van der Waals surface area contributed by atoms with Crippen molar-refractivity contribution in [3.8, 4) is 27.9 Å². The Bertz CT molecular complexity index is 2410. The smallest absolute Gasteiger partial charge is 0.0541 e. The molecule has 0 radical (unpaired) electrons. The van der Waals surface area contributed by atoms with Crippen LogP contribution in [0.25, 0.3) is 49.7 Å². The van der Waals surface area contributed by atoms with Gasteiger partial charge in [0, 0.05) is 27.8 Å². The van der Waals surface area contributed by atoms with Gasteiger partial charge in [0.05, 0.1) is 11.0 Å². The van der Waals surface area contributed by atoms with E-state index in [0.717, 1.165) is 0 Å². The topological polar surface area (TPSA) is 4.93 Å². The molecule has 1 atom stereocenters. The average Bonchev–Trinajstić information content (AvgIpc) is 3.58. The van der Waals surface area contributed by atoms with Crippen molar-refractivity contribution in [2.75, 3.05) is 0 Å². The number of hydrogen-bond donors (Lipinski definition) is 0. The van der Waals surface area contributed by atoms with Crippen LogP contribution in [0.4, 0.5) is 0 Å². The van der Waals surface area contributed by atoms with Gasteiger partial charge < -0.3 is 4.57 Å². The van der Waals surface area contributed by atoms with Crippen molar-refractivity contribution < 1.29 is 0 Å². The summed E-state index contributed by atoms with van der Waals surface area (Å²) in [5, 5.41) is 2.55. The van der Waals surface area contributed by atoms with E-state index >= 15 is 0 Å². The second-order valence-corrected chi connectivity index (χ2v) is 13.4.